The fourth-order valence-corrected chi connectivity index (χ4v) is 3.66. The summed E-state index contributed by atoms with van der Waals surface area (Å²) in [5, 5.41) is 5.50. The van der Waals surface area contributed by atoms with E-state index in [-0.39, 0.29) is 17.7 Å². The second kappa shape index (κ2) is 8.62. The van der Waals surface area contributed by atoms with Crippen LogP contribution in [0.15, 0.2) is 83.4 Å². The molecule has 7 heteroatoms. The van der Waals surface area contributed by atoms with Gasteiger partial charge in [-0.1, -0.05) is 30.3 Å². The van der Waals surface area contributed by atoms with Gasteiger partial charge in [0.1, 0.15) is 10.6 Å². The van der Waals surface area contributed by atoms with Gasteiger partial charge in [-0.2, -0.15) is 0 Å². The summed E-state index contributed by atoms with van der Waals surface area (Å²) in [4.78, 5) is 33.8. The summed E-state index contributed by atoms with van der Waals surface area (Å²) in [7, 11) is 0. The fourth-order valence-electron chi connectivity index (χ4n) is 2.91. The molecule has 0 saturated carbocycles. The number of rotatable bonds is 6. The van der Waals surface area contributed by atoms with Gasteiger partial charge in [-0.05, 0) is 29.8 Å². The van der Waals surface area contributed by atoms with E-state index in [9.17, 15) is 9.59 Å². The van der Waals surface area contributed by atoms with Crippen molar-refractivity contribution in [3.8, 4) is 11.3 Å². The van der Waals surface area contributed by atoms with Crippen LogP contribution in [-0.2, 0) is 13.1 Å². The van der Waals surface area contributed by atoms with E-state index in [1.165, 1.54) is 15.9 Å². The highest BCUT2D eigenvalue weighted by molar-refractivity contribution is 7.09. The molecule has 6 nitrogen and oxygen atoms in total. The Morgan fingerprint density at radius 1 is 1.03 bits per heavy atom. The fraction of sp³-hybridized carbons (Fsp3) is 0.0909. The van der Waals surface area contributed by atoms with Crippen LogP contribution in [0.3, 0.4) is 0 Å². The second-order valence-corrected chi connectivity index (χ2v) is 7.33. The lowest BCUT2D eigenvalue weighted by Gasteiger charge is -2.08. The molecule has 29 heavy (non-hydrogen) atoms. The highest BCUT2D eigenvalue weighted by Crippen LogP contribution is 2.20. The van der Waals surface area contributed by atoms with Crippen LogP contribution in [0.1, 0.15) is 20.9 Å². The Kier molecular flexibility index (Phi) is 5.58. The second-order valence-electron chi connectivity index (χ2n) is 6.39. The first-order valence-corrected chi connectivity index (χ1v) is 9.95. The largest absolute Gasteiger partial charge is 0.345 e. The van der Waals surface area contributed by atoms with Crippen LogP contribution < -0.4 is 10.9 Å². The van der Waals surface area contributed by atoms with E-state index in [1.54, 1.807) is 30.7 Å². The SMILES string of the molecule is O=C(NCc1nc(-c2ccncc2)cs1)c1cccn(Cc2ccccc2)c1=O. The molecule has 0 spiro atoms. The Bertz CT molecular complexity index is 1170. The van der Waals surface area contributed by atoms with Crippen molar-refractivity contribution in [2.45, 2.75) is 13.1 Å². The van der Waals surface area contributed by atoms with Gasteiger partial charge < -0.3 is 9.88 Å². The van der Waals surface area contributed by atoms with Crippen molar-refractivity contribution in [1.82, 2.24) is 19.9 Å². The quantitative estimate of drug-likeness (QED) is 0.537. The Morgan fingerprint density at radius 2 is 1.83 bits per heavy atom. The number of hydrogen-bond acceptors (Lipinski definition) is 5. The average Bonchev–Trinajstić information content (AvgIpc) is 3.24. The van der Waals surface area contributed by atoms with Gasteiger partial charge in [-0.25, -0.2) is 4.98 Å². The molecule has 4 rings (SSSR count). The van der Waals surface area contributed by atoms with Gasteiger partial charge in [-0.15, -0.1) is 11.3 Å². The van der Waals surface area contributed by atoms with Crippen molar-refractivity contribution < 1.29 is 4.79 Å². The molecule has 1 aromatic carbocycles. The van der Waals surface area contributed by atoms with Crippen LogP contribution in [0.2, 0.25) is 0 Å². The number of thiazole rings is 1. The maximum absolute atomic E-state index is 12.7. The summed E-state index contributed by atoms with van der Waals surface area (Å²) in [5.74, 6) is -0.405. The molecule has 1 amide bonds. The molecule has 0 bridgehead atoms. The van der Waals surface area contributed by atoms with Crippen LogP contribution >= 0.6 is 11.3 Å². The minimum absolute atomic E-state index is 0.120. The third-order valence-corrected chi connectivity index (χ3v) is 5.24. The van der Waals surface area contributed by atoms with Gasteiger partial charge in [0.05, 0.1) is 18.8 Å². The van der Waals surface area contributed by atoms with Crippen LogP contribution in [-0.4, -0.2) is 20.4 Å². The normalized spacial score (nSPS) is 10.6. The summed E-state index contributed by atoms with van der Waals surface area (Å²) in [6, 6.07) is 16.7. The molecular formula is C22H18N4O2S. The monoisotopic (exact) mass is 402 g/mol. The molecular weight excluding hydrogens is 384 g/mol. The molecule has 3 aromatic heterocycles. The van der Waals surface area contributed by atoms with Crippen molar-refractivity contribution >= 4 is 17.2 Å². The smallest absolute Gasteiger partial charge is 0.263 e. The predicted octanol–water partition coefficient (Wildman–Crippen LogP) is 3.35. The van der Waals surface area contributed by atoms with Gasteiger partial charge in [0.25, 0.3) is 11.5 Å². The molecule has 144 valence electrons. The summed E-state index contributed by atoms with van der Waals surface area (Å²) >= 11 is 1.46. The first-order valence-electron chi connectivity index (χ1n) is 9.07. The molecule has 0 aliphatic heterocycles. The number of pyridine rings is 2. The molecule has 0 aliphatic rings. The Labute approximate surface area is 171 Å². The number of carbonyl (C=O) groups is 1. The third-order valence-electron chi connectivity index (χ3n) is 4.39. The third kappa shape index (κ3) is 4.47. The predicted molar refractivity (Wildman–Crippen MR) is 113 cm³/mol. The molecule has 0 radical (unpaired) electrons. The number of carbonyl (C=O) groups excluding carboxylic acids is 1. The van der Waals surface area contributed by atoms with E-state index < -0.39 is 5.91 Å². The molecule has 0 unspecified atom stereocenters. The minimum Gasteiger partial charge on any atom is -0.345 e. The maximum atomic E-state index is 12.7. The number of amides is 1. The number of nitrogens with zero attached hydrogens (tertiary/aromatic N) is 3. The van der Waals surface area contributed by atoms with E-state index in [4.69, 9.17) is 0 Å². The molecule has 0 atom stereocenters. The number of nitrogens with one attached hydrogen (secondary N) is 1. The maximum Gasteiger partial charge on any atom is 0.263 e. The van der Waals surface area contributed by atoms with Crippen LogP contribution in [0, 0.1) is 0 Å². The van der Waals surface area contributed by atoms with E-state index in [0.29, 0.717) is 6.54 Å². The van der Waals surface area contributed by atoms with Crippen LogP contribution in [0.4, 0.5) is 0 Å². The average molecular weight is 402 g/mol. The first-order chi connectivity index (χ1) is 14.2. The Morgan fingerprint density at radius 3 is 2.62 bits per heavy atom. The minimum atomic E-state index is -0.405. The topological polar surface area (TPSA) is 76.9 Å². The number of hydrogen-bond donors (Lipinski definition) is 1. The van der Waals surface area contributed by atoms with Crippen LogP contribution in [0.25, 0.3) is 11.3 Å². The van der Waals surface area contributed by atoms with Gasteiger partial charge in [0.2, 0.25) is 0 Å². The lowest BCUT2D eigenvalue weighted by molar-refractivity contribution is 0.0948. The zero-order valence-corrected chi connectivity index (χ0v) is 16.3. The summed E-state index contributed by atoms with van der Waals surface area (Å²) in [6.45, 7) is 0.685. The highest BCUT2D eigenvalue weighted by Gasteiger charge is 2.13. The highest BCUT2D eigenvalue weighted by atomic mass is 32.1. The summed E-state index contributed by atoms with van der Waals surface area (Å²) in [6.07, 6.45) is 5.12. The van der Waals surface area contributed by atoms with Crippen molar-refractivity contribution in [3.63, 3.8) is 0 Å². The Hall–Kier alpha value is -3.58. The van der Waals surface area contributed by atoms with Crippen molar-refractivity contribution in [3.05, 3.63) is 105 Å². The number of benzene rings is 1. The van der Waals surface area contributed by atoms with Gasteiger partial charge in [0, 0.05) is 29.5 Å². The van der Waals surface area contributed by atoms with Crippen molar-refractivity contribution in [2.24, 2.45) is 0 Å². The molecule has 0 fully saturated rings. The van der Waals surface area contributed by atoms with Gasteiger partial charge in [0.15, 0.2) is 0 Å². The summed E-state index contributed by atoms with van der Waals surface area (Å²) < 4.78 is 1.54. The van der Waals surface area contributed by atoms with E-state index in [2.05, 4.69) is 15.3 Å². The Balaban J connectivity index is 1.45. The van der Waals surface area contributed by atoms with Crippen molar-refractivity contribution in [1.29, 1.82) is 0 Å². The lowest BCUT2D eigenvalue weighted by atomic mass is 10.2. The molecule has 3 heterocycles. The lowest BCUT2D eigenvalue weighted by Crippen LogP contribution is -2.32. The van der Waals surface area contributed by atoms with Gasteiger partial charge in [-0.3, -0.25) is 14.6 Å². The molecule has 0 aliphatic carbocycles. The van der Waals surface area contributed by atoms with E-state index in [1.807, 2.05) is 47.8 Å². The van der Waals surface area contributed by atoms with E-state index in [0.717, 1.165) is 21.8 Å². The zero-order valence-electron chi connectivity index (χ0n) is 15.5. The first kappa shape index (κ1) is 18.8. The molecule has 4 aromatic rings. The van der Waals surface area contributed by atoms with Crippen LogP contribution in [0.5, 0.6) is 0 Å². The van der Waals surface area contributed by atoms with E-state index >= 15 is 0 Å². The van der Waals surface area contributed by atoms with Crippen molar-refractivity contribution in [2.75, 3.05) is 0 Å². The number of aromatic nitrogens is 3. The summed E-state index contributed by atoms with van der Waals surface area (Å²) in [5.41, 5.74) is 2.62. The van der Waals surface area contributed by atoms with Gasteiger partial charge >= 0.3 is 0 Å². The standard InChI is InChI=1S/C22H18N4O2S/c27-21(24-13-20-25-19(15-29-20)17-8-10-23-11-9-17)18-7-4-12-26(22(18)28)14-16-5-2-1-3-6-16/h1-12,15H,13-14H2,(H,24,27). The molecule has 0 saturated heterocycles. The molecule has 1 N–H and O–H groups in total. The zero-order chi connectivity index (χ0) is 20.1.